The van der Waals surface area contributed by atoms with E-state index in [1.54, 1.807) is 0 Å². The second-order valence-corrected chi connectivity index (χ2v) is 5.62. The number of carbonyl (C=O) groups is 3. The van der Waals surface area contributed by atoms with E-state index >= 15 is 0 Å². The summed E-state index contributed by atoms with van der Waals surface area (Å²) in [5.74, 6) is -0.864. The predicted molar refractivity (Wildman–Crippen MR) is 83.9 cm³/mol. The zero-order valence-electron chi connectivity index (χ0n) is 13.3. The van der Waals surface area contributed by atoms with E-state index in [-0.39, 0.29) is 24.8 Å². The minimum absolute atomic E-state index is 0.0323. The van der Waals surface area contributed by atoms with Gasteiger partial charge in [-0.05, 0) is 19.1 Å². The van der Waals surface area contributed by atoms with Crippen molar-refractivity contribution in [2.45, 2.75) is 19.4 Å². The maximum absolute atomic E-state index is 12.2. The molecule has 0 aromatic heterocycles. The number of amides is 2. The topological polar surface area (TPSA) is 88.9 Å². The summed E-state index contributed by atoms with van der Waals surface area (Å²) in [6.45, 7) is 3.18. The summed E-state index contributed by atoms with van der Waals surface area (Å²) >= 11 is 0. The van der Waals surface area contributed by atoms with E-state index in [0.29, 0.717) is 18.8 Å². The Morgan fingerprint density at radius 1 is 1.35 bits per heavy atom. The van der Waals surface area contributed by atoms with Gasteiger partial charge in [0.05, 0.1) is 20.2 Å². The highest BCUT2D eigenvalue weighted by Gasteiger charge is 2.36. The normalized spacial score (nSPS) is 20.5. The number of benzene rings is 1. The molecule has 0 spiro atoms. The Morgan fingerprint density at radius 3 is 2.70 bits per heavy atom. The Bertz CT molecular complexity index is 585. The number of esters is 1. The van der Waals surface area contributed by atoms with E-state index in [1.807, 2.05) is 31.2 Å². The van der Waals surface area contributed by atoms with Crippen molar-refractivity contribution < 1.29 is 24.0 Å². The second kappa shape index (κ2) is 7.73. The quantitative estimate of drug-likeness (QED) is 0.600. The van der Waals surface area contributed by atoms with Gasteiger partial charge >= 0.3 is 5.97 Å². The maximum atomic E-state index is 12.2. The van der Waals surface area contributed by atoms with Gasteiger partial charge in [0.25, 0.3) is 11.8 Å². The third kappa shape index (κ3) is 4.79. The van der Waals surface area contributed by atoms with Crippen LogP contribution in [0.2, 0.25) is 0 Å². The fraction of sp³-hybridized carbons (Fsp3) is 0.438. The van der Waals surface area contributed by atoms with E-state index in [1.165, 1.54) is 7.11 Å². The highest BCUT2D eigenvalue weighted by molar-refractivity contribution is 5.92. The molecule has 1 aliphatic rings. The molecule has 2 amide bonds. The van der Waals surface area contributed by atoms with E-state index in [0.717, 1.165) is 10.5 Å². The van der Waals surface area contributed by atoms with Gasteiger partial charge < -0.3 is 20.3 Å². The Kier molecular flexibility index (Phi) is 5.70. The number of hydrogen-bond acceptors (Lipinski definition) is 4. The van der Waals surface area contributed by atoms with Crippen LogP contribution < -0.4 is 15.5 Å². The molecule has 1 fully saturated rings. The number of aryl methyl sites for hydroxylation is 1. The highest BCUT2D eigenvalue weighted by Crippen LogP contribution is 2.07. The third-order valence-electron chi connectivity index (χ3n) is 3.88. The molecule has 0 radical (unpaired) electrons. The van der Waals surface area contributed by atoms with Crippen molar-refractivity contribution in [3.05, 3.63) is 29.8 Å². The van der Waals surface area contributed by atoms with Crippen LogP contribution in [0.5, 0.6) is 0 Å². The summed E-state index contributed by atoms with van der Waals surface area (Å²) in [4.78, 5) is 36.4. The smallest absolute Gasteiger partial charge is 0.312 e. The zero-order valence-corrected chi connectivity index (χ0v) is 13.3. The number of rotatable bonds is 5. The van der Waals surface area contributed by atoms with Gasteiger partial charge in [0.15, 0.2) is 12.6 Å². The molecule has 23 heavy (non-hydrogen) atoms. The number of quaternary nitrogens is 1. The molecule has 0 aliphatic carbocycles. The Labute approximate surface area is 135 Å². The van der Waals surface area contributed by atoms with Gasteiger partial charge in [-0.1, -0.05) is 17.7 Å². The summed E-state index contributed by atoms with van der Waals surface area (Å²) in [6.07, 6.45) is -0.0323. The molecule has 2 rings (SSSR count). The molecule has 1 aliphatic heterocycles. The first kappa shape index (κ1) is 17.0. The Balaban J connectivity index is 1.97. The van der Waals surface area contributed by atoms with Gasteiger partial charge in [-0.15, -0.1) is 0 Å². The first-order valence-corrected chi connectivity index (χ1v) is 7.55. The van der Waals surface area contributed by atoms with Gasteiger partial charge in [-0.3, -0.25) is 14.4 Å². The fourth-order valence-corrected chi connectivity index (χ4v) is 2.58. The van der Waals surface area contributed by atoms with Crippen LogP contribution in [0.4, 0.5) is 5.69 Å². The molecule has 0 bridgehead atoms. The lowest BCUT2D eigenvalue weighted by Crippen LogP contribution is -3.20. The average Bonchev–Trinajstić information content (AvgIpc) is 2.52. The maximum Gasteiger partial charge on any atom is 0.312 e. The lowest BCUT2D eigenvalue weighted by molar-refractivity contribution is -0.909. The van der Waals surface area contributed by atoms with Crippen LogP contribution in [0.3, 0.4) is 0 Å². The van der Waals surface area contributed by atoms with Crippen LogP contribution in [0.25, 0.3) is 0 Å². The zero-order chi connectivity index (χ0) is 16.8. The van der Waals surface area contributed by atoms with Crippen molar-refractivity contribution in [1.82, 2.24) is 5.32 Å². The lowest BCUT2D eigenvalue weighted by Gasteiger charge is -2.30. The molecule has 1 heterocycles. The number of ether oxygens (including phenoxy) is 1. The van der Waals surface area contributed by atoms with Gasteiger partial charge in [-0.25, -0.2) is 0 Å². The van der Waals surface area contributed by atoms with Crippen molar-refractivity contribution >= 4 is 23.5 Å². The van der Waals surface area contributed by atoms with Gasteiger partial charge in [0.1, 0.15) is 6.42 Å². The number of hydrogen-bond donors (Lipinski definition) is 3. The van der Waals surface area contributed by atoms with Crippen LogP contribution in [0.15, 0.2) is 24.3 Å². The van der Waals surface area contributed by atoms with Crippen LogP contribution in [0.1, 0.15) is 12.0 Å². The van der Waals surface area contributed by atoms with Gasteiger partial charge in [0.2, 0.25) is 0 Å². The number of nitrogens with one attached hydrogen (secondary N) is 3. The summed E-state index contributed by atoms with van der Waals surface area (Å²) in [5, 5.41) is 5.53. The summed E-state index contributed by atoms with van der Waals surface area (Å²) in [5.41, 5.74) is 1.82. The largest absolute Gasteiger partial charge is 0.469 e. The molecule has 124 valence electrons. The molecule has 0 saturated carbocycles. The fourth-order valence-electron chi connectivity index (χ4n) is 2.58. The predicted octanol–water partition coefficient (Wildman–Crippen LogP) is -1.12. The molecule has 7 heteroatoms. The highest BCUT2D eigenvalue weighted by atomic mass is 16.5. The first-order valence-electron chi connectivity index (χ1n) is 7.55. The van der Waals surface area contributed by atoms with Crippen molar-refractivity contribution in [3.8, 4) is 0 Å². The molecule has 2 atom stereocenters. The molecule has 7 nitrogen and oxygen atoms in total. The molecule has 3 N–H and O–H groups in total. The molecule has 1 aromatic rings. The molecular formula is C16H22N3O4+. The van der Waals surface area contributed by atoms with E-state index in [4.69, 9.17) is 0 Å². The first-order chi connectivity index (χ1) is 11.0. The SMILES string of the molecule is COC(=O)C[C@H]1C(=O)NCC[NH+]1CC(=O)Nc1ccc(C)cc1. The van der Waals surface area contributed by atoms with Crippen molar-refractivity contribution in [2.75, 3.05) is 32.1 Å². The lowest BCUT2D eigenvalue weighted by atomic mass is 10.1. The monoisotopic (exact) mass is 320 g/mol. The summed E-state index contributed by atoms with van der Waals surface area (Å²) in [7, 11) is 1.28. The number of carbonyl (C=O) groups excluding carboxylic acids is 3. The van der Waals surface area contributed by atoms with Crippen molar-refractivity contribution in [2.24, 2.45) is 0 Å². The molecule has 1 unspecified atom stereocenters. The number of piperazine rings is 1. The van der Waals surface area contributed by atoms with Crippen molar-refractivity contribution in [1.29, 1.82) is 0 Å². The second-order valence-electron chi connectivity index (χ2n) is 5.62. The van der Waals surface area contributed by atoms with Crippen LogP contribution in [0, 0.1) is 6.92 Å². The van der Waals surface area contributed by atoms with E-state index < -0.39 is 12.0 Å². The van der Waals surface area contributed by atoms with E-state index in [2.05, 4.69) is 15.4 Å². The van der Waals surface area contributed by atoms with Gasteiger partial charge in [-0.2, -0.15) is 0 Å². The molecular weight excluding hydrogens is 298 g/mol. The Morgan fingerprint density at radius 2 is 2.04 bits per heavy atom. The number of methoxy groups -OCH3 is 1. The van der Waals surface area contributed by atoms with Crippen molar-refractivity contribution in [3.63, 3.8) is 0 Å². The summed E-state index contributed by atoms with van der Waals surface area (Å²) < 4.78 is 4.63. The third-order valence-corrected chi connectivity index (χ3v) is 3.88. The average molecular weight is 320 g/mol. The van der Waals surface area contributed by atoms with E-state index in [9.17, 15) is 14.4 Å². The standard InChI is InChI=1S/C16H21N3O4/c1-11-3-5-12(6-4-11)18-14(20)10-19-8-7-17-16(22)13(19)9-15(21)23-2/h3-6,13H,7-10H2,1-2H3,(H,17,22)(H,18,20)/p+1/t13-/m0/s1. The minimum Gasteiger partial charge on any atom is -0.469 e. The molecule has 1 aromatic carbocycles. The molecule has 1 saturated heterocycles. The van der Waals surface area contributed by atoms with Crippen LogP contribution in [-0.2, 0) is 19.1 Å². The van der Waals surface area contributed by atoms with Crippen LogP contribution in [-0.4, -0.2) is 50.6 Å². The van der Waals surface area contributed by atoms with Gasteiger partial charge in [0, 0.05) is 5.69 Å². The number of anilines is 1. The van der Waals surface area contributed by atoms with Crippen LogP contribution >= 0.6 is 0 Å². The summed E-state index contributed by atoms with van der Waals surface area (Å²) in [6, 6.07) is 6.89. The minimum atomic E-state index is -0.597. The Hall–Kier alpha value is -2.41.